The Morgan fingerprint density at radius 3 is 2.48 bits per heavy atom. The molecule has 6 heteroatoms. The Kier molecular flexibility index (Phi) is 10.5. The van der Waals surface area contributed by atoms with Crippen molar-refractivity contribution in [1.82, 2.24) is 10.6 Å². The molecule has 2 aromatic rings. The maximum Gasteiger partial charge on any atom is 0.191 e. The molecule has 0 heterocycles. The third-order valence-electron chi connectivity index (χ3n) is 3.45. The van der Waals surface area contributed by atoms with E-state index in [0.717, 1.165) is 37.0 Å². The van der Waals surface area contributed by atoms with E-state index in [4.69, 9.17) is 9.47 Å². The Labute approximate surface area is 166 Å². The van der Waals surface area contributed by atoms with E-state index in [9.17, 15) is 0 Å². The van der Waals surface area contributed by atoms with Gasteiger partial charge in [0.1, 0.15) is 11.5 Å². The Balaban J connectivity index is 0.00000312. The van der Waals surface area contributed by atoms with E-state index in [1.54, 1.807) is 14.2 Å². The number of nitrogens with zero attached hydrogens (tertiary/aromatic N) is 1. The number of guanidine groups is 1. The standard InChI is InChI=1S/C19H25N3O2.HI/c1-20-19(22-15-16-8-4-3-5-9-16)21-12-7-13-24-18-11-6-10-17(14-18)23-2;/h3-6,8-11,14H,7,12-13,15H2,1-2H3,(H2,20,21,22);1H. The Bertz CT molecular complexity index is 636. The summed E-state index contributed by atoms with van der Waals surface area (Å²) in [6, 6.07) is 17.9. The quantitative estimate of drug-likeness (QED) is 0.277. The minimum atomic E-state index is 0. The first-order valence-electron chi connectivity index (χ1n) is 8.07. The third kappa shape index (κ3) is 8.11. The molecule has 0 aliphatic rings. The lowest BCUT2D eigenvalue weighted by atomic mass is 10.2. The molecular formula is C19H26IN3O2. The van der Waals surface area contributed by atoms with Gasteiger partial charge in [-0.15, -0.1) is 24.0 Å². The lowest BCUT2D eigenvalue weighted by molar-refractivity contribution is 0.308. The zero-order valence-electron chi connectivity index (χ0n) is 14.7. The van der Waals surface area contributed by atoms with Crippen molar-refractivity contribution in [1.29, 1.82) is 0 Å². The number of benzene rings is 2. The molecule has 5 nitrogen and oxygen atoms in total. The van der Waals surface area contributed by atoms with Crippen LogP contribution in [-0.2, 0) is 6.54 Å². The Hall–Kier alpha value is -1.96. The van der Waals surface area contributed by atoms with Crippen LogP contribution < -0.4 is 20.1 Å². The maximum atomic E-state index is 5.71. The first-order valence-corrected chi connectivity index (χ1v) is 8.07. The van der Waals surface area contributed by atoms with Gasteiger partial charge in [0.25, 0.3) is 0 Å². The van der Waals surface area contributed by atoms with Crippen LogP contribution in [0.3, 0.4) is 0 Å². The van der Waals surface area contributed by atoms with Crippen LogP contribution in [0.4, 0.5) is 0 Å². The minimum Gasteiger partial charge on any atom is -0.497 e. The third-order valence-corrected chi connectivity index (χ3v) is 3.45. The van der Waals surface area contributed by atoms with Crippen molar-refractivity contribution in [2.75, 3.05) is 27.3 Å². The largest absolute Gasteiger partial charge is 0.497 e. The molecule has 0 radical (unpaired) electrons. The number of nitrogens with one attached hydrogen (secondary N) is 2. The normalized spacial score (nSPS) is 10.6. The van der Waals surface area contributed by atoms with Gasteiger partial charge >= 0.3 is 0 Å². The summed E-state index contributed by atoms with van der Waals surface area (Å²) >= 11 is 0. The minimum absolute atomic E-state index is 0. The molecule has 0 spiro atoms. The van der Waals surface area contributed by atoms with Crippen LogP contribution >= 0.6 is 24.0 Å². The molecule has 0 aromatic heterocycles. The van der Waals surface area contributed by atoms with Gasteiger partial charge in [0.15, 0.2) is 5.96 Å². The van der Waals surface area contributed by atoms with Gasteiger partial charge < -0.3 is 20.1 Å². The highest BCUT2D eigenvalue weighted by atomic mass is 127. The molecule has 0 fully saturated rings. The van der Waals surface area contributed by atoms with E-state index < -0.39 is 0 Å². The van der Waals surface area contributed by atoms with Crippen LogP contribution in [-0.4, -0.2) is 33.3 Å². The van der Waals surface area contributed by atoms with Crippen molar-refractivity contribution in [2.24, 2.45) is 4.99 Å². The van der Waals surface area contributed by atoms with Crippen LogP contribution in [0.15, 0.2) is 59.6 Å². The average Bonchev–Trinajstić information content (AvgIpc) is 2.65. The second-order valence-corrected chi connectivity index (χ2v) is 5.22. The van der Waals surface area contributed by atoms with Crippen LogP contribution in [0.2, 0.25) is 0 Å². The highest BCUT2D eigenvalue weighted by Gasteiger charge is 1.99. The molecule has 2 rings (SSSR count). The van der Waals surface area contributed by atoms with Crippen molar-refractivity contribution in [2.45, 2.75) is 13.0 Å². The number of hydrogen-bond acceptors (Lipinski definition) is 3. The lowest BCUT2D eigenvalue weighted by Gasteiger charge is -2.12. The van der Waals surface area contributed by atoms with Crippen LogP contribution in [0.25, 0.3) is 0 Å². The molecule has 0 saturated carbocycles. The molecular weight excluding hydrogens is 429 g/mol. The number of methoxy groups -OCH3 is 1. The summed E-state index contributed by atoms with van der Waals surface area (Å²) in [5, 5.41) is 6.57. The predicted molar refractivity (Wildman–Crippen MR) is 113 cm³/mol. The number of ether oxygens (including phenoxy) is 2. The predicted octanol–water partition coefficient (Wildman–Crippen LogP) is 3.45. The van der Waals surface area contributed by atoms with E-state index in [1.165, 1.54) is 5.56 Å². The molecule has 2 aromatic carbocycles. The fraction of sp³-hybridized carbons (Fsp3) is 0.316. The Morgan fingerprint density at radius 2 is 1.76 bits per heavy atom. The van der Waals surface area contributed by atoms with Crippen LogP contribution in [0.1, 0.15) is 12.0 Å². The van der Waals surface area contributed by atoms with Crippen molar-refractivity contribution >= 4 is 29.9 Å². The van der Waals surface area contributed by atoms with Gasteiger partial charge in [-0.25, -0.2) is 0 Å². The second-order valence-electron chi connectivity index (χ2n) is 5.22. The summed E-state index contributed by atoms with van der Waals surface area (Å²) in [4.78, 5) is 4.22. The van der Waals surface area contributed by atoms with Crippen molar-refractivity contribution in [3.8, 4) is 11.5 Å². The lowest BCUT2D eigenvalue weighted by Crippen LogP contribution is -2.37. The van der Waals surface area contributed by atoms with E-state index in [-0.39, 0.29) is 24.0 Å². The first-order chi connectivity index (χ1) is 11.8. The molecule has 136 valence electrons. The van der Waals surface area contributed by atoms with Crippen LogP contribution in [0.5, 0.6) is 11.5 Å². The van der Waals surface area contributed by atoms with E-state index in [2.05, 4.69) is 27.8 Å². The number of hydrogen-bond donors (Lipinski definition) is 2. The van der Waals surface area contributed by atoms with Gasteiger partial charge in [0.2, 0.25) is 0 Å². The van der Waals surface area contributed by atoms with Crippen molar-refractivity contribution < 1.29 is 9.47 Å². The number of halogens is 1. The summed E-state index contributed by atoms with van der Waals surface area (Å²) in [6.07, 6.45) is 0.878. The fourth-order valence-corrected chi connectivity index (χ4v) is 2.16. The molecule has 0 atom stereocenters. The first kappa shape index (κ1) is 21.1. The van der Waals surface area contributed by atoms with Gasteiger partial charge in [-0.2, -0.15) is 0 Å². The number of aliphatic imine (C=N–C) groups is 1. The summed E-state index contributed by atoms with van der Waals surface area (Å²) < 4.78 is 10.9. The highest BCUT2D eigenvalue weighted by Crippen LogP contribution is 2.18. The van der Waals surface area contributed by atoms with Gasteiger partial charge in [0, 0.05) is 26.2 Å². The molecule has 0 bridgehead atoms. The molecule has 0 unspecified atom stereocenters. The smallest absolute Gasteiger partial charge is 0.191 e. The molecule has 2 N–H and O–H groups in total. The highest BCUT2D eigenvalue weighted by molar-refractivity contribution is 14.0. The molecule has 0 saturated heterocycles. The zero-order valence-corrected chi connectivity index (χ0v) is 17.0. The zero-order chi connectivity index (χ0) is 17.0. The van der Waals surface area contributed by atoms with E-state index in [1.807, 2.05) is 42.5 Å². The van der Waals surface area contributed by atoms with Gasteiger partial charge in [-0.05, 0) is 24.1 Å². The monoisotopic (exact) mass is 455 g/mol. The second kappa shape index (κ2) is 12.4. The molecule has 25 heavy (non-hydrogen) atoms. The SMILES string of the molecule is CN=C(NCCCOc1cccc(OC)c1)NCc1ccccc1.I. The van der Waals surface area contributed by atoms with Gasteiger partial charge in [-0.3, -0.25) is 4.99 Å². The summed E-state index contributed by atoms with van der Waals surface area (Å²) in [6.45, 7) is 2.18. The molecule has 0 aliphatic carbocycles. The van der Waals surface area contributed by atoms with E-state index in [0.29, 0.717) is 6.61 Å². The van der Waals surface area contributed by atoms with E-state index >= 15 is 0 Å². The average molecular weight is 455 g/mol. The fourth-order valence-electron chi connectivity index (χ4n) is 2.16. The summed E-state index contributed by atoms with van der Waals surface area (Å²) in [5.41, 5.74) is 1.22. The van der Waals surface area contributed by atoms with Gasteiger partial charge in [0.05, 0.1) is 13.7 Å². The molecule has 0 amide bonds. The van der Waals surface area contributed by atoms with Gasteiger partial charge in [-0.1, -0.05) is 36.4 Å². The maximum absolute atomic E-state index is 5.71. The van der Waals surface area contributed by atoms with Crippen molar-refractivity contribution in [3.05, 3.63) is 60.2 Å². The Morgan fingerprint density at radius 1 is 1.00 bits per heavy atom. The van der Waals surface area contributed by atoms with Crippen molar-refractivity contribution in [3.63, 3.8) is 0 Å². The van der Waals surface area contributed by atoms with Crippen LogP contribution in [0, 0.1) is 0 Å². The number of rotatable bonds is 8. The topological polar surface area (TPSA) is 54.9 Å². The summed E-state index contributed by atoms with van der Waals surface area (Å²) in [5.74, 6) is 2.41. The summed E-state index contributed by atoms with van der Waals surface area (Å²) in [7, 11) is 3.42. The molecule has 0 aliphatic heterocycles.